The number of aromatic nitrogens is 1. The summed E-state index contributed by atoms with van der Waals surface area (Å²) in [5.41, 5.74) is -0.0462. The van der Waals surface area contributed by atoms with Crippen molar-refractivity contribution >= 4 is 18.1 Å². The molecule has 2 saturated heterocycles. The Morgan fingerprint density at radius 1 is 0.935 bits per heavy atom. The minimum atomic E-state index is -0.725. The lowest BCUT2D eigenvalue weighted by atomic mass is 9.78. The molecule has 0 unspecified atom stereocenters. The van der Waals surface area contributed by atoms with Gasteiger partial charge in [0.15, 0.2) is 0 Å². The van der Waals surface area contributed by atoms with Crippen molar-refractivity contribution in [1.82, 2.24) is 19.7 Å². The first-order chi connectivity index (χ1) is 21.6. The van der Waals surface area contributed by atoms with Gasteiger partial charge in [-0.3, -0.25) is 9.69 Å². The van der Waals surface area contributed by atoms with Crippen molar-refractivity contribution in [2.24, 2.45) is 5.41 Å². The normalized spacial score (nSPS) is 20.8. The lowest BCUT2D eigenvalue weighted by Crippen LogP contribution is -2.50. The van der Waals surface area contributed by atoms with E-state index in [1.54, 1.807) is 21.9 Å². The highest BCUT2D eigenvalue weighted by molar-refractivity contribution is 5.83. The minimum absolute atomic E-state index is 0.0221. The van der Waals surface area contributed by atoms with E-state index < -0.39 is 23.2 Å². The molecule has 0 N–H and O–H groups in total. The van der Waals surface area contributed by atoms with Crippen molar-refractivity contribution in [3.05, 3.63) is 59.7 Å². The van der Waals surface area contributed by atoms with Gasteiger partial charge in [0.2, 0.25) is 11.9 Å². The van der Waals surface area contributed by atoms with Gasteiger partial charge in [0.25, 0.3) is 0 Å². The number of likely N-dealkylation sites (tertiary alicyclic amines) is 2. The summed E-state index contributed by atoms with van der Waals surface area (Å²) in [6, 6.07) is 10.6. The highest BCUT2D eigenvalue weighted by Crippen LogP contribution is 2.48. The van der Waals surface area contributed by atoms with E-state index in [-0.39, 0.29) is 42.5 Å². The van der Waals surface area contributed by atoms with Crippen molar-refractivity contribution in [2.75, 3.05) is 32.7 Å². The lowest BCUT2D eigenvalue weighted by Gasteiger charge is -2.40. The molecule has 2 aromatic rings. The van der Waals surface area contributed by atoms with E-state index >= 15 is 0 Å². The van der Waals surface area contributed by atoms with Crippen LogP contribution in [-0.4, -0.2) is 87.7 Å². The average molecular weight is 639 g/mol. The molecule has 3 fully saturated rings. The van der Waals surface area contributed by atoms with Gasteiger partial charge in [-0.25, -0.2) is 14.6 Å². The molecular formula is C35H47FN4O6. The molecule has 46 heavy (non-hydrogen) atoms. The van der Waals surface area contributed by atoms with Crippen LogP contribution in [0.5, 0.6) is 5.75 Å². The molecule has 3 amide bonds. The third kappa shape index (κ3) is 8.27. The summed E-state index contributed by atoms with van der Waals surface area (Å²) in [5, 5.41) is 0. The van der Waals surface area contributed by atoms with Gasteiger partial charge in [-0.1, -0.05) is 18.2 Å². The molecular weight excluding hydrogens is 591 g/mol. The number of rotatable bonds is 7. The number of carbonyl (C=O) groups excluding carboxylic acids is 3. The van der Waals surface area contributed by atoms with E-state index in [0.717, 1.165) is 24.8 Å². The summed E-state index contributed by atoms with van der Waals surface area (Å²) < 4.78 is 31.5. The number of nitrogens with zero attached hydrogens (tertiary/aromatic N) is 4. The number of halogens is 1. The molecule has 1 spiro atoms. The van der Waals surface area contributed by atoms with Gasteiger partial charge in [-0.2, -0.15) is 4.39 Å². The third-order valence-corrected chi connectivity index (χ3v) is 8.90. The first-order valence-electron chi connectivity index (χ1n) is 16.2. The number of carbonyl (C=O) groups is 3. The van der Waals surface area contributed by atoms with Crippen LogP contribution in [0.25, 0.3) is 0 Å². The van der Waals surface area contributed by atoms with Crippen LogP contribution in [0.4, 0.5) is 14.0 Å². The lowest BCUT2D eigenvalue weighted by molar-refractivity contribution is -0.134. The topological polar surface area (TPSA) is 102 Å². The number of para-hydroxylation sites is 1. The zero-order valence-electron chi connectivity index (χ0n) is 27.9. The molecule has 1 saturated carbocycles. The zero-order valence-corrected chi connectivity index (χ0v) is 27.9. The van der Waals surface area contributed by atoms with Gasteiger partial charge in [0, 0.05) is 49.9 Å². The molecule has 0 radical (unpaired) electrons. The molecule has 250 valence electrons. The van der Waals surface area contributed by atoms with E-state index in [0.29, 0.717) is 43.9 Å². The minimum Gasteiger partial charge on any atom is -0.488 e. The number of amides is 3. The van der Waals surface area contributed by atoms with Gasteiger partial charge in [0.1, 0.15) is 30.1 Å². The summed E-state index contributed by atoms with van der Waals surface area (Å²) in [7, 11) is 0. The number of hydrogen-bond acceptors (Lipinski definition) is 7. The SMILES string of the molecule is CC(C)(C)OC(=O)N1CCC2(CCN(C(=O)CN(C(=O)OC(C)(C)C)[C@@H]3C[C@H]3c3ccccc3OCc3cccnc3F)CC2)C1. The Hall–Kier alpha value is -3.89. The zero-order chi connectivity index (χ0) is 33.3. The maximum absolute atomic E-state index is 14.1. The molecule has 1 aliphatic carbocycles. The van der Waals surface area contributed by atoms with E-state index in [1.807, 2.05) is 70.7 Å². The molecule has 10 nitrogen and oxygen atoms in total. The Kier molecular flexibility index (Phi) is 9.52. The number of ether oxygens (including phenoxy) is 3. The molecule has 0 bridgehead atoms. The second-order valence-electron chi connectivity index (χ2n) is 14.8. The fraction of sp³-hybridized carbons (Fsp3) is 0.600. The standard InChI is InChI=1S/C35H47FN4O6/c1-33(2,3)45-31(42)39-19-15-35(23-39)13-17-38(18-14-35)29(41)21-40(32(43)46-34(4,5)6)27-20-26(27)25-11-7-8-12-28(25)44-22-24-10-9-16-37-30(24)36/h7-12,16,26-27H,13-15,17-23H2,1-6H3/t26-,27+/m0/s1. The first-order valence-corrected chi connectivity index (χ1v) is 16.2. The molecule has 2 aliphatic heterocycles. The molecule has 1 aromatic carbocycles. The molecule has 5 rings (SSSR count). The summed E-state index contributed by atoms with van der Waals surface area (Å²) in [4.78, 5) is 48.7. The number of pyridine rings is 1. The first kappa shape index (κ1) is 33.5. The van der Waals surface area contributed by atoms with Crippen molar-refractivity contribution in [2.45, 2.75) is 97.0 Å². The van der Waals surface area contributed by atoms with Crippen LogP contribution in [-0.2, 0) is 20.9 Å². The second kappa shape index (κ2) is 13.1. The van der Waals surface area contributed by atoms with Crippen LogP contribution in [0.3, 0.4) is 0 Å². The van der Waals surface area contributed by atoms with Crippen LogP contribution in [0.2, 0.25) is 0 Å². The molecule has 11 heteroatoms. The second-order valence-corrected chi connectivity index (χ2v) is 14.8. The van der Waals surface area contributed by atoms with Crippen molar-refractivity contribution in [3.8, 4) is 5.75 Å². The van der Waals surface area contributed by atoms with E-state index in [4.69, 9.17) is 14.2 Å². The molecule has 3 aliphatic rings. The van der Waals surface area contributed by atoms with Crippen molar-refractivity contribution in [3.63, 3.8) is 0 Å². The van der Waals surface area contributed by atoms with E-state index in [1.165, 1.54) is 6.20 Å². The van der Waals surface area contributed by atoms with Crippen LogP contribution in [0.15, 0.2) is 42.6 Å². The average Bonchev–Trinajstić information content (AvgIpc) is 3.66. The quantitative estimate of drug-likeness (QED) is 0.336. The Morgan fingerprint density at radius 2 is 1.59 bits per heavy atom. The number of benzene rings is 1. The monoisotopic (exact) mass is 638 g/mol. The van der Waals surface area contributed by atoms with Gasteiger partial charge in [0.05, 0.1) is 0 Å². The van der Waals surface area contributed by atoms with Crippen molar-refractivity contribution < 1.29 is 33.0 Å². The highest BCUT2D eigenvalue weighted by atomic mass is 19.1. The Morgan fingerprint density at radius 3 is 2.24 bits per heavy atom. The largest absolute Gasteiger partial charge is 0.488 e. The maximum Gasteiger partial charge on any atom is 0.411 e. The van der Waals surface area contributed by atoms with Crippen LogP contribution in [0.1, 0.15) is 84.3 Å². The van der Waals surface area contributed by atoms with E-state index in [9.17, 15) is 18.8 Å². The number of hydrogen-bond donors (Lipinski definition) is 0. The Labute approximate surface area is 271 Å². The third-order valence-electron chi connectivity index (χ3n) is 8.90. The highest BCUT2D eigenvalue weighted by Gasteiger charge is 2.49. The van der Waals surface area contributed by atoms with Crippen LogP contribution < -0.4 is 4.74 Å². The summed E-state index contributed by atoms with van der Waals surface area (Å²) in [6.45, 7) is 13.4. The van der Waals surface area contributed by atoms with Gasteiger partial charge < -0.3 is 24.0 Å². The molecule has 2 atom stereocenters. The Balaban J connectivity index is 1.22. The summed E-state index contributed by atoms with van der Waals surface area (Å²) >= 11 is 0. The molecule has 1 aromatic heterocycles. The summed E-state index contributed by atoms with van der Waals surface area (Å²) in [6.07, 6.45) is 3.70. The predicted octanol–water partition coefficient (Wildman–Crippen LogP) is 6.14. The number of piperidine rings is 1. The maximum atomic E-state index is 14.1. The van der Waals surface area contributed by atoms with Gasteiger partial charge in [-0.05, 0) is 96.4 Å². The smallest absolute Gasteiger partial charge is 0.411 e. The van der Waals surface area contributed by atoms with Gasteiger partial charge >= 0.3 is 12.2 Å². The predicted molar refractivity (Wildman–Crippen MR) is 170 cm³/mol. The van der Waals surface area contributed by atoms with Gasteiger partial charge in [-0.15, -0.1) is 0 Å². The van der Waals surface area contributed by atoms with Crippen LogP contribution >= 0.6 is 0 Å². The summed E-state index contributed by atoms with van der Waals surface area (Å²) in [5.74, 6) is -0.148. The fourth-order valence-electron chi connectivity index (χ4n) is 6.40. The Bertz CT molecular complexity index is 1430. The van der Waals surface area contributed by atoms with Crippen molar-refractivity contribution in [1.29, 1.82) is 0 Å². The fourth-order valence-corrected chi connectivity index (χ4v) is 6.40. The van der Waals surface area contributed by atoms with E-state index in [2.05, 4.69) is 4.98 Å². The van der Waals surface area contributed by atoms with Crippen LogP contribution in [0, 0.1) is 11.4 Å². The molecule has 3 heterocycles.